The lowest BCUT2D eigenvalue weighted by atomic mass is 9.91. The van der Waals surface area contributed by atoms with Crippen LogP contribution in [0.1, 0.15) is 78.1 Å². The molecule has 2 heterocycles. The van der Waals surface area contributed by atoms with Gasteiger partial charge in [0, 0.05) is 23.1 Å². The van der Waals surface area contributed by atoms with E-state index in [1.54, 1.807) is 18.7 Å². The van der Waals surface area contributed by atoms with Gasteiger partial charge in [0.05, 0.1) is 13.2 Å². The minimum atomic E-state index is -1.15. The highest BCUT2D eigenvalue weighted by molar-refractivity contribution is 14.1. The summed E-state index contributed by atoms with van der Waals surface area (Å²) in [4.78, 5) is 41.4. The summed E-state index contributed by atoms with van der Waals surface area (Å²) in [5, 5.41) is 7.54. The molecule has 182 valence electrons. The molecular weight excluding hydrogens is 547 g/mol. The van der Waals surface area contributed by atoms with E-state index in [4.69, 9.17) is 4.74 Å². The van der Waals surface area contributed by atoms with Gasteiger partial charge in [-0.2, -0.15) is 5.10 Å². The van der Waals surface area contributed by atoms with Crippen molar-refractivity contribution in [2.75, 3.05) is 6.61 Å². The minimum absolute atomic E-state index is 0.0785. The number of carbonyl (C=O) groups excluding carboxylic acids is 3. The van der Waals surface area contributed by atoms with Crippen LogP contribution in [0.25, 0.3) is 0 Å². The third kappa shape index (κ3) is 4.85. The first kappa shape index (κ1) is 24.7. The Balaban J connectivity index is 1.70. The molecule has 1 aliphatic heterocycles. The first-order chi connectivity index (χ1) is 16.4. The second-order valence-corrected chi connectivity index (χ2v) is 9.93. The van der Waals surface area contributed by atoms with Crippen LogP contribution in [0, 0.1) is 0 Å². The van der Waals surface area contributed by atoms with Crippen molar-refractivity contribution < 1.29 is 19.1 Å². The third-order valence-electron chi connectivity index (χ3n) is 6.80. The number of hydrogen-bond donors (Lipinski definition) is 1. The Kier molecular flexibility index (Phi) is 7.59. The molecule has 34 heavy (non-hydrogen) atoms. The Hall–Kier alpha value is -2.43. The highest BCUT2D eigenvalue weighted by atomic mass is 127. The molecule has 1 atom stereocenters. The Morgan fingerprint density at radius 1 is 1.21 bits per heavy atom. The molecule has 1 aliphatic carbocycles. The van der Waals surface area contributed by atoms with Gasteiger partial charge in [-0.25, -0.2) is 4.79 Å². The average molecular weight is 578 g/mol. The first-order valence-corrected chi connectivity index (χ1v) is 13.4. The predicted octanol–water partition coefficient (Wildman–Crippen LogP) is 3.86. The van der Waals surface area contributed by atoms with Crippen molar-refractivity contribution >= 4 is 40.4 Å². The molecule has 0 saturated heterocycles. The van der Waals surface area contributed by atoms with Crippen LogP contribution in [0.5, 0.6) is 0 Å². The average Bonchev–Trinajstić information content (AvgIpc) is 3.27. The van der Waals surface area contributed by atoms with Crippen molar-refractivity contribution in [2.45, 2.75) is 75.0 Å². The Morgan fingerprint density at radius 2 is 1.91 bits per heavy atom. The number of amides is 2. The van der Waals surface area contributed by atoms with Crippen molar-refractivity contribution in [3.05, 3.63) is 52.8 Å². The summed E-state index contributed by atoms with van der Waals surface area (Å²) in [5.41, 5.74) is 1.34. The van der Waals surface area contributed by atoms with Gasteiger partial charge < -0.3 is 15.0 Å². The molecule has 2 aliphatic rings. The Bertz CT molecular complexity index is 1080. The van der Waals surface area contributed by atoms with E-state index in [-0.39, 0.29) is 42.4 Å². The number of ether oxygens (including phenoxy) is 1. The number of nitrogens with zero attached hydrogens (tertiary/aromatic N) is 3. The van der Waals surface area contributed by atoms with Gasteiger partial charge in [0.2, 0.25) is 5.91 Å². The third-order valence-corrected chi connectivity index (χ3v) is 7.62. The van der Waals surface area contributed by atoms with Gasteiger partial charge in [-0.05, 0) is 37.8 Å². The van der Waals surface area contributed by atoms with E-state index in [1.807, 2.05) is 24.3 Å². The SMILES string of the molecule is CCOC(=O)c1cc2n(n1)CC(C)(C(=O)NC1CCCCC1)N(Cc1ccccc1CI)C2=O. The number of alkyl halides is 1. The molecule has 1 aromatic carbocycles. The van der Waals surface area contributed by atoms with Crippen molar-refractivity contribution in [1.29, 1.82) is 0 Å². The van der Waals surface area contributed by atoms with Crippen LogP contribution in [-0.4, -0.2) is 50.7 Å². The lowest BCUT2D eigenvalue weighted by Gasteiger charge is -2.44. The molecule has 1 N–H and O–H groups in total. The zero-order valence-electron chi connectivity index (χ0n) is 19.7. The van der Waals surface area contributed by atoms with E-state index in [9.17, 15) is 14.4 Å². The van der Waals surface area contributed by atoms with Crippen LogP contribution in [0.15, 0.2) is 30.3 Å². The number of rotatable bonds is 7. The second kappa shape index (κ2) is 10.5. The van der Waals surface area contributed by atoms with E-state index < -0.39 is 11.5 Å². The number of hydrogen-bond acceptors (Lipinski definition) is 5. The largest absolute Gasteiger partial charge is 0.461 e. The number of benzene rings is 1. The summed E-state index contributed by atoms with van der Waals surface area (Å²) < 4.78 is 7.35. The summed E-state index contributed by atoms with van der Waals surface area (Å²) in [6.45, 7) is 4.20. The maximum Gasteiger partial charge on any atom is 0.358 e. The highest BCUT2D eigenvalue weighted by Crippen LogP contribution is 2.31. The molecule has 0 radical (unpaired) electrons. The summed E-state index contributed by atoms with van der Waals surface area (Å²) in [6.07, 6.45) is 5.29. The van der Waals surface area contributed by atoms with Crippen LogP contribution in [-0.2, 0) is 27.0 Å². The van der Waals surface area contributed by atoms with E-state index >= 15 is 0 Å². The maximum absolute atomic E-state index is 13.8. The van der Waals surface area contributed by atoms with E-state index in [2.05, 4.69) is 33.0 Å². The van der Waals surface area contributed by atoms with Gasteiger partial charge in [-0.3, -0.25) is 14.3 Å². The molecule has 9 heteroatoms. The van der Waals surface area contributed by atoms with Crippen molar-refractivity contribution in [1.82, 2.24) is 20.0 Å². The van der Waals surface area contributed by atoms with Crippen LogP contribution in [0.2, 0.25) is 0 Å². The first-order valence-electron chi connectivity index (χ1n) is 11.9. The van der Waals surface area contributed by atoms with Gasteiger partial charge in [-0.15, -0.1) is 0 Å². The predicted molar refractivity (Wildman–Crippen MR) is 136 cm³/mol. The van der Waals surface area contributed by atoms with Crippen LogP contribution >= 0.6 is 22.6 Å². The van der Waals surface area contributed by atoms with Gasteiger partial charge in [0.25, 0.3) is 5.91 Å². The maximum atomic E-state index is 13.8. The standard InChI is InChI=1S/C25H31IN4O4/c1-3-34-23(32)20-13-21-22(31)29(15-18-10-8-7-9-17(18)14-26)25(2,16-30(21)28-20)24(33)27-19-11-5-4-6-12-19/h7-10,13,19H,3-6,11-12,14-16H2,1-2H3,(H,27,33). The monoisotopic (exact) mass is 578 g/mol. The molecule has 4 rings (SSSR count). The smallest absolute Gasteiger partial charge is 0.358 e. The normalized spacial score (nSPS) is 20.7. The fourth-order valence-electron chi connectivity index (χ4n) is 4.79. The number of esters is 1. The van der Waals surface area contributed by atoms with E-state index in [1.165, 1.54) is 17.2 Å². The lowest BCUT2D eigenvalue weighted by molar-refractivity contribution is -0.134. The zero-order valence-corrected chi connectivity index (χ0v) is 21.8. The number of aromatic nitrogens is 2. The quantitative estimate of drug-likeness (QED) is 0.306. The van der Waals surface area contributed by atoms with Gasteiger partial charge in [0.1, 0.15) is 11.2 Å². The second-order valence-electron chi connectivity index (χ2n) is 9.17. The fourth-order valence-corrected chi connectivity index (χ4v) is 5.54. The molecule has 0 bridgehead atoms. The lowest BCUT2D eigenvalue weighted by Crippen LogP contribution is -2.64. The highest BCUT2D eigenvalue weighted by Gasteiger charge is 2.48. The van der Waals surface area contributed by atoms with Crippen LogP contribution < -0.4 is 5.32 Å². The molecule has 1 aromatic heterocycles. The topological polar surface area (TPSA) is 93.5 Å². The molecule has 1 saturated carbocycles. The fraction of sp³-hybridized carbons (Fsp3) is 0.520. The minimum Gasteiger partial charge on any atom is -0.461 e. The summed E-state index contributed by atoms with van der Waals surface area (Å²) in [7, 11) is 0. The summed E-state index contributed by atoms with van der Waals surface area (Å²) >= 11 is 2.31. The van der Waals surface area contributed by atoms with Gasteiger partial charge >= 0.3 is 5.97 Å². The van der Waals surface area contributed by atoms with Crippen LogP contribution in [0.4, 0.5) is 0 Å². The Morgan fingerprint density at radius 3 is 2.59 bits per heavy atom. The Labute approximate surface area is 213 Å². The molecule has 8 nitrogen and oxygen atoms in total. The molecular formula is C25H31IN4O4. The van der Waals surface area contributed by atoms with Crippen molar-refractivity contribution in [3.63, 3.8) is 0 Å². The van der Waals surface area contributed by atoms with Crippen LogP contribution in [0.3, 0.4) is 0 Å². The summed E-state index contributed by atoms with van der Waals surface area (Å²) in [6, 6.07) is 9.55. The molecule has 2 aromatic rings. The molecule has 1 fully saturated rings. The summed E-state index contributed by atoms with van der Waals surface area (Å²) in [5.74, 6) is -1.08. The number of carbonyl (C=O) groups is 3. The number of fused-ring (bicyclic) bond motifs is 1. The van der Waals surface area contributed by atoms with Gasteiger partial charge in [-0.1, -0.05) is 66.1 Å². The molecule has 2 amide bonds. The van der Waals surface area contributed by atoms with Crippen molar-refractivity contribution in [2.24, 2.45) is 0 Å². The molecule has 1 unspecified atom stereocenters. The van der Waals surface area contributed by atoms with E-state index in [0.717, 1.165) is 41.2 Å². The van der Waals surface area contributed by atoms with Crippen molar-refractivity contribution in [3.8, 4) is 0 Å². The van der Waals surface area contributed by atoms with Gasteiger partial charge in [0.15, 0.2) is 5.69 Å². The number of halogens is 1. The zero-order chi connectivity index (χ0) is 24.3. The molecule has 0 spiro atoms. The number of nitrogens with one attached hydrogen (secondary N) is 1. The van der Waals surface area contributed by atoms with E-state index in [0.29, 0.717) is 6.54 Å².